The first kappa shape index (κ1) is 24.4. The molecule has 0 aliphatic rings. The fourth-order valence-electron chi connectivity index (χ4n) is 2.84. The quantitative estimate of drug-likeness (QED) is 0.401. The molecule has 0 bridgehead atoms. The topological polar surface area (TPSA) is 117 Å². The monoisotopic (exact) mass is 489 g/mol. The number of para-hydroxylation sites is 1. The highest BCUT2D eigenvalue weighted by Gasteiger charge is 2.21. The van der Waals surface area contributed by atoms with Gasteiger partial charge in [-0.15, -0.1) is 10.2 Å². The van der Waals surface area contributed by atoms with Crippen LogP contribution in [-0.2, 0) is 9.59 Å². The second kappa shape index (κ2) is 11.1. The minimum Gasteiger partial charge on any atom is -0.325 e. The van der Waals surface area contributed by atoms with E-state index in [1.54, 1.807) is 38.1 Å². The van der Waals surface area contributed by atoms with E-state index < -0.39 is 16.6 Å². The molecule has 1 heterocycles. The molecular formula is C22H21ClFN5O3S. The smallest absolute Gasteiger partial charge is 0.278 e. The molecular weight excluding hydrogens is 469 g/mol. The second-order valence-electron chi connectivity index (χ2n) is 6.89. The summed E-state index contributed by atoms with van der Waals surface area (Å²) in [5.74, 6) is -1.14. The Morgan fingerprint density at radius 3 is 2.58 bits per heavy atom. The number of benzene rings is 2. The number of carbonyl (C=O) groups is 2. The van der Waals surface area contributed by atoms with Crippen molar-refractivity contribution in [2.45, 2.75) is 37.1 Å². The van der Waals surface area contributed by atoms with Gasteiger partial charge in [0.1, 0.15) is 5.82 Å². The van der Waals surface area contributed by atoms with E-state index in [-0.39, 0.29) is 34.1 Å². The Morgan fingerprint density at radius 1 is 1.15 bits per heavy atom. The van der Waals surface area contributed by atoms with Crippen molar-refractivity contribution in [3.63, 3.8) is 0 Å². The Kier molecular flexibility index (Phi) is 8.18. The number of halogens is 2. The number of H-pyrrole nitrogens is 1. The van der Waals surface area contributed by atoms with E-state index in [0.717, 1.165) is 17.8 Å². The number of carbonyl (C=O) groups excluding carboxylic acids is 2. The van der Waals surface area contributed by atoms with E-state index in [4.69, 9.17) is 11.6 Å². The largest absolute Gasteiger partial charge is 0.325 e. The second-order valence-corrected chi connectivity index (χ2v) is 8.49. The van der Waals surface area contributed by atoms with Crippen LogP contribution in [0.15, 0.2) is 52.4 Å². The Bertz CT molecular complexity index is 1240. The molecule has 172 valence electrons. The Balaban J connectivity index is 1.78. The highest BCUT2D eigenvalue weighted by molar-refractivity contribution is 8.00. The fraction of sp³-hybridized carbons (Fsp3) is 0.227. The van der Waals surface area contributed by atoms with Crippen LogP contribution < -0.4 is 16.2 Å². The molecule has 0 saturated carbocycles. The van der Waals surface area contributed by atoms with Gasteiger partial charge in [-0.3, -0.25) is 19.4 Å². The van der Waals surface area contributed by atoms with Crippen LogP contribution in [0.2, 0.25) is 5.02 Å². The van der Waals surface area contributed by atoms with Gasteiger partial charge in [-0.05, 0) is 30.7 Å². The maximum absolute atomic E-state index is 13.3. The number of thioether (sulfide) groups is 1. The molecule has 0 aliphatic heterocycles. The highest BCUT2D eigenvalue weighted by atomic mass is 35.5. The van der Waals surface area contributed by atoms with Gasteiger partial charge < -0.3 is 10.6 Å². The predicted octanol–water partition coefficient (Wildman–Crippen LogP) is 4.48. The lowest BCUT2D eigenvalue weighted by Gasteiger charge is -2.14. The minimum atomic E-state index is -0.597. The average Bonchev–Trinajstić information content (AvgIpc) is 2.80. The first-order valence-electron chi connectivity index (χ1n) is 10.1. The van der Waals surface area contributed by atoms with Crippen LogP contribution >= 0.6 is 23.4 Å². The summed E-state index contributed by atoms with van der Waals surface area (Å²) in [5, 5.41) is 13.0. The Morgan fingerprint density at radius 2 is 1.91 bits per heavy atom. The van der Waals surface area contributed by atoms with Crippen molar-refractivity contribution < 1.29 is 14.0 Å². The van der Waals surface area contributed by atoms with Crippen molar-refractivity contribution in [2.24, 2.45) is 0 Å². The van der Waals surface area contributed by atoms with Crippen molar-refractivity contribution in [3.8, 4) is 11.3 Å². The van der Waals surface area contributed by atoms with Gasteiger partial charge >= 0.3 is 0 Å². The van der Waals surface area contributed by atoms with Crippen LogP contribution in [0.4, 0.5) is 15.8 Å². The van der Waals surface area contributed by atoms with Crippen LogP contribution in [0.3, 0.4) is 0 Å². The number of aromatic nitrogens is 3. The molecule has 0 saturated heterocycles. The number of hydrogen-bond acceptors (Lipinski definition) is 6. The summed E-state index contributed by atoms with van der Waals surface area (Å²) in [6.45, 7) is 3.53. The van der Waals surface area contributed by atoms with Crippen LogP contribution in [-0.4, -0.2) is 32.2 Å². The zero-order valence-corrected chi connectivity index (χ0v) is 19.4. The summed E-state index contributed by atoms with van der Waals surface area (Å²) in [6.07, 6.45) is 0.722. The van der Waals surface area contributed by atoms with Crippen LogP contribution in [0.25, 0.3) is 11.3 Å². The van der Waals surface area contributed by atoms with Gasteiger partial charge in [0.05, 0.1) is 16.0 Å². The third-order valence-corrected chi connectivity index (χ3v) is 6.09. The molecule has 0 fully saturated rings. The van der Waals surface area contributed by atoms with Gasteiger partial charge in [0, 0.05) is 17.7 Å². The van der Waals surface area contributed by atoms with Gasteiger partial charge in [0.2, 0.25) is 11.8 Å². The summed E-state index contributed by atoms with van der Waals surface area (Å²) in [5.41, 5.74) is 0.776. The SMILES string of the molecule is CCC(=O)Nc1ccccc1-c1nnc(S[C@@H](CC)C(=O)Nc2ccc(F)c(Cl)c2)[nH]c1=O. The van der Waals surface area contributed by atoms with Gasteiger partial charge in [-0.1, -0.05) is 55.4 Å². The first-order chi connectivity index (χ1) is 15.8. The van der Waals surface area contributed by atoms with E-state index in [2.05, 4.69) is 25.8 Å². The van der Waals surface area contributed by atoms with E-state index in [0.29, 0.717) is 23.4 Å². The van der Waals surface area contributed by atoms with Crippen LogP contribution in [0.1, 0.15) is 26.7 Å². The van der Waals surface area contributed by atoms with Gasteiger partial charge in [0.25, 0.3) is 5.56 Å². The zero-order valence-electron chi connectivity index (χ0n) is 17.8. The van der Waals surface area contributed by atoms with Crippen LogP contribution in [0, 0.1) is 5.82 Å². The van der Waals surface area contributed by atoms with Gasteiger partial charge in [0.15, 0.2) is 10.9 Å². The summed E-state index contributed by atoms with van der Waals surface area (Å²) in [6, 6.07) is 10.7. The van der Waals surface area contributed by atoms with E-state index >= 15 is 0 Å². The van der Waals surface area contributed by atoms with Crippen LogP contribution in [0.5, 0.6) is 0 Å². The molecule has 0 unspecified atom stereocenters. The summed E-state index contributed by atoms with van der Waals surface area (Å²) >= 11 is 6.80. The third kappa shape index (κ3) is 6.17. The molecule has 33 heavy (non-hydrogen) atoms. The molecule has 2 aromatic carbocycles. The van der Waals surface area contributed by atoms with E-state index in [9.17, 15) is 18.8 Å². The minimum absolute atomic E-state index is 0.0461. The molecule has 3 rings (SSSR count). The summed E-state index contributed by atoms with van der Waals surface area (Å²) < 4.78 is 13.3. The van der Waals surface area contributed by atoms with Crippen molar-refractivity contribution in [3.05, 3.63) is 63.7 Å². The Hall–Kier alpha value is -3.24. The maximum atomic E-state index is 13.3. The molecule has 0 radical (unpaired) electrons. The molecule has 11 heteroatoms. The van der Waals surface area contributed by atoms with Crippen molar-refractivity contribution in [2.75, 3.05) is 10.6 Å². The molecule has 3 N–H and O–H groups in total. The maximum Gasteiger partial charge on any atom is 0.278 e. The number of aromatic amines is 1. The summed E-state index contributed by atoms with van der Waals surface area (Å²) in [7, 11) is 0. The molecule has 1 atom stereocenters. The highest BCUT2D eigenvalue weighted by Crippen LogP contribution is 2.26. The molecule has 1 aromatic heterocycles. The number of amides is 2. The third-order valence-electron chi connectivity index (χ3n) is 4.56. The number of rotatable bonds is 8. The molecule has 8 nitrogen and oxygen atoms in total. The van der Waals surface area contributed by atoms with Gasteiger partial charge in [-0.2, -0.15) is 0 Å². The fourth-order valence-corrected chi connectivity index (χ4v) is 3.86. The lowest BCUT2D eigenvalue weighted by Crippen LogP contribution is -2.25. The lowest BCUT2D eigenvalue weighted by atomic mass is 10.1. The first-order valence-corrected chi connectivity index (χ1v) is 11.4. The number of hydrogen-bond donors (Lipinski definition) is 3. The van der Waals surface area contributed by atoms with E-state index in [1.807, 2.05) is 0 Å². The standard InChI is InChI=1S/C22H21ClFN5O3S/c1-3-17(20(31)25-12-9-10-15(24)14(23)11-12)33-22-27-21(32)19(28-29-22)13-7-5-6-8-16(13)26-18(30)4-2/h5-11,17H,3-4H2,1-2H3,(H,25,31)(H,26,30)(H,27,29,32)/t17-/m0/s1. The normalized spacial score (nSPS) is 11.6. The van der Waals surface area contributed by atoms with Gasteiger partial charge in [-0.25, -0.2) is 4.39 Å². The zero-order chi connectivity index (χ0) is 24.0. The van der Waals surface area contributed by atoms with E-state index in [1.165, 1.54) is 12.1 Å². The Labute approximate surface area is 198 Å². The predicted molar refractivity (Wildman–Crippen MR) is 127 cm³/mol. The number of nitrogens with zero attached hydrogens (tertiary/aromatic N) is 2. The molecule has 0 aliphatic carbocycles. The van der Waals surface area contributed by atoms with Crippen molar-refractivity contribution in [1.29, 1.82) is 0 Å². The van der Waals surface area contributed by atoms with Crippen molar-refractivity contribution >= 4 is 46.6 Å². The average molecular weight is 490 g/mol. The number of anilines is 2. The lowest BCUT2D eigenvalue weighted by molar-refractivity contribution is -0.116. The molecule has 3 aromatic rings. The van der Waals surface area contributed by atoms with Crippen molar-refractivity contribution in [1.82, 2.24) is 15.2 Å². The number of nitrogens with one attached hydrogen (secondary N) is 3. The molecule has 2 amide bonds. The molecule has 0 spiro atoms. The summed E-state index contributed by atoms with van der Waals surface area (Å²) in [4.78, 5) is 39.8.